The predicted octanol–water partition coefficient (Wildman–Crippen LogP) is 4.85. The van der Waals surface area contributed by atoms with E-state index in [2.05, 4.69) is 0 Å². The SMILES string of the molecule is C[C@H]1c2cc(Cl)c(Cl)cc2CCN1C(=O)OC(C)(C)C. The summed E-state index contributed by atoms with van der Waals surface area (Å²) < 4.78 is 5.44. The van der Waals surface area contributed by atoms with Gasteiger partial charge in [-0.15, -0.1) is 0 Å². The Labute approximate surface area is 129 Å². The number of amides is 1. The van der Waals surface area contributed by atoms with Crippen molar-refractivity contribution in [2.24, 2.45) is 0 Å². The number of rotatable bonds is 0. The molecule has 1 aliphatic rings. The molecule has 1 aromatic carbocycles. The van der Waals surface area contributed by atoms with Crippen molar-refractivity contribution in [3.63, 3.8) is 0 Å². The zero-order valence-corrected chi connectivity index (χ0v) is 13.7. The van der Waals surface area contributed by atoms with E-state index in [1.54, 1.807) is 4.90 Å². The fourth-order valence-electron chi connectivity index (χ4n) is 2.38. The van der Waals surface area contributed by atoms with Gasteiger partial charge < -0.3 is 9.64 Å². The van der Waals surface area contributed by atoms with Gasteiger partial charge in [-0.3, -0.25) is 0 Å². The highest BCUT2D eigenvalue weighted by Gasteiger charge is 2.31. The lowest BCUT2D eigenvalue weighted by Crippen LogP contribution is -2.42. The molecule has 3 nitrogen and oxygen atoms in total. The second-order valence-electron chi connectivity index (χ2n) is 6.06. The maximum Gasteiger partial charge on any atom is 0.410 e. The lowest BCUT2D eigenvalue weighted by atomic mass is 9.94. The summed E-state index contributed by atoms with van der Waals surface area (Å²) in [6.45, 7) is 8.20. The number of fused-ring (bicyclic) bond motifs is 1. The van der Waals surface area contributed by atoms with Crippen molar-refractivity contribution in [1.29, 1.82) is 0 Å². The second-order valence-corrected chi connectivity index (χ2v) is 6.88. The maximum absolute atomic E-state index is 12.2. The number of halogens is 2. The standard InChI is InChI=1S/C15H19Cl2NO2/c1-9-11-8-13(17)12(16)7-10(11)5-6-18(9)14(19)20-15(2,3)4/h7-9H,5-6H2,1-4H3/t9-/m0/s1. The van der Waals surface area contributed by atoms with E-state index in [1.165, 1.54) is 0 Å². The van der Waals surface area contributed by atoms with Crippen LogP contribution in [-0.2, 0) is 11.2 Å². The molecule has 5 heteroatoms. The Bertz CT molecular complexity index is 537. The molecule has 20 heavy (non-hydrogen) atoms. The van der Waals surface area contributed by atoms with E-state index in [4.69, 9.17) is 27.9 Å². The third kappa shape index (κ3) is 3.21. The van der Waals surface area contributed by atoms with Gasteiger partial charge in [-0.25, -0.2) is 4.79 Å². The van der Waals surface area contributed by atoms with Gasteiger partial charge in [-0.2, -0.15) is 0 Å². The van der Waals surface area contributed by atoms with Crippen molar-refractivity contribution in [2.45, 2.75) is 45.8 Å². The Morgan fingerprint density at radius 3 is 2.50 bits per heavy atom. The molecule has 0 saturated heterocycles. The van der Waals surface area contributed by atoms with Gasteiger partial charge in [-0.05, 0) is 57.4 Å². The predicted molar refractivity (Wildman–Crippen MR) is 81.5 cm³/mol. The monoisotopic (exact) mass is 315 g/mol. The number of nitrogens with zero attached hydrogens (tertiary/aromatic N) is 1. The van der Waals surface area contributed by atoms with Crippen LogP contribution >= 0.6 is 23.2 Å². The molecule has 0 bridgehead atoms. The average molecular weight is 316 g/mol. The smallest absolute Gasteiger partial charge is 0.410 e. The minimum Gasteiger partial charge on any atom is -0.444 e. The molecule has 0 radical (unpaired) electrons. The van der Waals surface area contributed by atoms with Crippen LogP contribution in [0, 0.1) is 0 Å². The molecule has 0 aromatic heterocycles. The average Bonchev–Trinajstić information content (AvgIpc) is 2.30. The van der Waals surface area contributed by atoms with E-state index >= 15 is 0 Å². The molecule has 0 saturated carbocycles. The molecule has 1 heterocycles. The quantitative estimate of drug-likeness (QED) is 0.685. The Balaban J connectivity index is 2.25. The molecule has 2 rings (SSSR count). The summed E-state index contributed by atoms with van der Waals surface area (Å²) in [5, 5.41) is 1.08. The first-order chi connectivity index (χ1) is 9.19. The normalized spacial score (nSPS) is 18.7. The molecule has 0 spiro atoms. The van der Waals surface area contributed by atoms with Crippen molar-refractivity contribution < 1.29 is 9.53 Å². The molecular formula is C15H19Cl2NO2. The Hall–Kier alpha value is -0.930. The van der Waals surface area contributed by atoms with E-state index in [0.29, 0.717) is 16.6 Å². The van der Waals surface area contributed by atoms with Gasteiger partial charge in [0.2, 0.25) is 0 Å². The molecule has 1 atom stereocenters. The number of ether oxygens (including phenoxy) is 1. The van der Waals surface area contributed by atoms with Gasteiger partial charge in [0.15, 0.2) is 0 Å². The lowest BCUT2D eigenvalue weighted by molar-refractivity contribution is 0.0160. The van der Waals surface area contributed by atoms with Gasteiger partial charge in [0.1, 0.15) is 5.60 Å². The highest BCUT2D eigenvalue weighted by Crippen LogP contribution is 2.35. The molecule has 0 N–H and O–H groups in total. The third-order valence-electron chi connectivity index (χ3n) is 3.35. The summed E-state index contributed by atoms with van der Waals surface area (Å²) in [4.78, 5) is 14.0. The molecule has 0 unspecified atom stereocenters. The zero-order chi connectivity index (χ0) is 15.1. The molecule has 110 valence electrons. The Kier molecular flexibility index (Phi) is 4.22. The van der Waals surface area contributed by atoms with Crippen LogP contribution in [0.4, 0.5) is 4.79 Å². The van der Waals surface area contributed by atoms with Crippen LogP contribution in [0.2, 0.25) is 10.0 Å². The summed E-state index contributed by atoms with van der Waals surface area (Å²) in [7, 11) is 0. The fraction of sp³-hybridized carbons (Fsp3) is 0.533. The van der Waals surface area contributed by atoms with E-state index < -0.39 is 5.60 Å². The Morgan fingerprint density at radius 2 is 1.90 bits per heavy atom. The number of benzene rings is 1. The van der Waals surface area contributed by atoms with E-state index in [9.17, 15) is 4.79 Å². The lowest BCUT2D eigenvalue weighted by Gasteiger charge is -2.36. The van der Waals surface area contributed by atoms with Crippen LogP contribution in [0.1, 0.15) is 44.9 Å². The van der Waals surface area contributed by atoms with E-state index in [1.807, 2.05) is 39.8 Å². The molecular weight excluding hydrogens is 297 g/mol. The van der Waals surface area contributed by atoms with Gasteiger partial charge in [-0.1, -0.05) is 23.2 Å². The maximum atomic E-state index is 12.2. The van der Waals surface area contributed by atoms with Crippen LogP contribution in [0.15, 0.2) is 12.1 Å². The molecule has 0 aliphatic carbocycles. The van der Waals surface area contributed by atoms with Crippen molar-refractivity contribution >= 4 is 29.3 Å². The summed E-state index contributed by atoms with van der Waals surface area (Å²) in [6.07, 6.45) is 0.470. The number of hydrogen-bond acceptors (Lipinski definition) is 2. The van der Waals surface area contributed by atoms with E-state index in [-0.39, 0.29) is 12.1 Å². The summed E-state index contributed by atoms with van der Waals surface area (Å²) in [5.74, 6) is 0. The van der Waals surface area contributed by atoms with Crippen molar-refractivity contribution in [3.05, 3.63) is 33.3 Å². The molecule has 1 amide bonds. The van der Waals surface area contributed by atoms with Gasteiger partial charge in [0, 0.05) is 6.54 Å². The summed E-state index contributed by atoms with van der Waals surface area (Å²) in [5.41, 5.74) is 1.69. The first-order valence-corrected chi connectivity index (χ1v) is 7.42. The van der Waals surface area contributed by atoms with Crippen LogP contribution in [0.5, 0.6) is 0 Å². The molecule has 1 aromatic rings. The van der Waals surface area contributed by atoms with Gasteiger partial charge >= 0.3 is 6.09 Å². The second kappa shape index (κ2) is 5.45. The number of hydrogen-bond donors (Lipinski definition) is 0. The first kappa shape index (κ1) is 15.5. The van der Waals surface area contributed by atoms with Crippen LogP contribution in [0.3, 0.4) is 0 Å². The number of carbonyl (C=O) groups is 1. The van der Waals surface area contributed by atoms with Crippen LogP contribution in [0.25, 0.3) is 0 Å². The van der Waals surface area contributed by atoms with Gasteiger partial charge in [0.25, 0.3) is 0 Å². The topological polar surface area (TPSA) is 29.5 Å². The third-order valence-corrected chi connectivity index (χ3v) is 4.07. The Morgan fingerprint density at radius 1 is 1.30 bits per heavy atom. The number of carbonyl (C=O) groups excluding carboxylic acids is 1. The van der Waals surface area contributed by atoms with Crippen LogP contribution in [-0.4, -0.2) is 23.1 Å². The van der Waals surface area contributed by atoms with Crippen molar-refractivity contribution in [2.75, 3.05) is 6.54 Å². The van der Waals surface area contributed by atoms with Crippen LogP contribution < -0.4 is 0 Å². The highest BCUT2D eigenvalue weighted by atomic mass is 35.5. The minimum absolute atomic E-state index is 0.0663. The van der Waals surface area contributed by atoms with Crippen molar-refractivity contribution in [3.8, 4) is 0 Å². The fourth-order valence-corrected chi connectivity index (χ4v) is 2.74. The summed E-state index contributed by atoms with van der Waals surface area (Å²) in [6, 6.07) is 3.67. The highest BCUT2D eigenvalue weighted by molar-refractivity contribution is 6.42. The largest absolute Gasteiger partial charge is 0.444 e. The van der Waals surface area contributed by atoms with Gasteiger partial charge in [0.05, 0.1) is 16.1 Å². The van der Waals surface area contributed by atoms with Crippen molar-refractivity contribution in [1.82, 2.24) is 4.90 Å². The molecule has 1 aliphatic heterocycles. The molecule has 0 fully saturated rings. The minimum atomic E-state index is -0.491. The first-order valence-electron chi connectivity index (χ1n) is 6.66. The summed E-state index contributed by atoms with van der Waals surface area (Å²) >= 11 is 12.1. The van der Waals surface area contributed by atoms with E-state index in [0.717, 1.165) is 17.5 Å². The zero-order valence-electron chi connectivity index (χ0n) is 12.2.